The molecule has 0 aliphatic carbocycles. The first-order valence-corrected chi connectivity index (χ1v) is 30.7. The third kappa shape index (κ3) is 59.1. The van der Waals surface area contributed by atoms with Crippen LogP contribution in [-0.2, 0) is 28.6 Å². The number of unbranched alkanes of at least 4 members (excludes halogenated alkanes) is 28. The van der Waals surface area contributed by atoms with Crippen molar-refractivity contribution in [2.45, 2.75) is 297 Å². The van der Waals surface area contributed by atoms with Crippen LogP contribution in [0.5, 0.6) is 0 Å². The molecule has 0 aromatic rings. The SMILES string of the molecule is CC/C=C\C/C=C\C/C=C\C/C=C\C/C=C\C/C=C\C/C=C\CCCC(=O)OCC(COC(=O)CCCCCCC/C=C\CCCCC)OC(=O)CCCCCCCCCCCCCCCCCCCCCC. The Morgan fingerprint density at radius 3 is 0.932 bits per heavy atom. The summed E-state index contributed by atoms with van der Waals surface area (Å²) in [5.41, 5.74) is 0. The van der Waals surface area contributed by atoms with Crippen LogP contribution in [0.1, 0.15) is 290 Å². The summed E-state index contributed by atoms with van der Waals surface area (Å²) >= 11 is 0. The lowest BCUT2D eigenvalue weighted by molar-refractivity contribution is -0.167. The molecule has 0 fully saturated rings. The lowest BCUT2D eigenvalue weighted by Crippen LogP contribution is -2.30. The van der Waals surface area contributed by atoms with Gasteiger partial charge in [0.05, 0.1) is 0 Å². The largest absolute Gasteiger partial charge is 0.462 e. The number of hydrogen-bond acceptors (Lipinski definition) is 6. The van der Waals surface area contributed by atoms with Gasteiger partial charge >= 0.3 is 17.9 Å². The Labute approximate surface area is 451 Å². The number of allylic oxidation sites excluding steroid dienone is 16. The lowest BCUT2D eigenvalue weighted by Gasteiger charge is -2.18. The maximum atomic E-state index is 12.9. The Morgan fingerprint density at radius 1 is 0.288 bits per heavy atom. The number of hydrogen-bond donors (Lipinski definition) is 0. The molecule has 73 heavy (non-hydrogen) atoms. The molecule has 0 aromatic carbocycles. The second-order valence-corrected chi connectivity index (χ2v) is 20.2. The minimum absolute atomic E-state index is 0.0982. The van der Waals surface area contributed by atoms with Crippen molar-refractivity contribution < 1.29 is 28.6 Å². The highest BCUT2D eigenvalue weighted by atomic mass is 16.6. The standard InChI is InChI=1S/C67H114O6/c1-4-7-10-13-16-19-22-25-27-29-31-33-34-35-37-38-40-42-45-48-51-54-57-60-66(69)72-63-64(62-71-65(68)59-56-53-50-47-44-24-21-18-15-12-9-6-3)73-67(70)61-58-55-52-49-46-43-41-39-36-32-30-28-26-23-20-17-14-11-8-5-2/h7,10,16,18-19,21,25,27,31,33,35,37,40,42,48,51,64H,4-6,8-9,11-15,17,20,22-24,26,28-30,32,34,36,38-39,41,43-47,49-50,52-63H2,1-3H3/b10-7-,19-16-,21-18-,27-25-,33-31-,37-35-,42-40-,51-48-. The predicted octanol–water partition coefficient (Wildman–Crippen LogP) is 20.9. The monoisotopic (exact) mass is 1010 g/mol. The van der Waals surface area contributed by atoms with Crippen molar-refractivity contribution >= 4 is 17.9 Å². The summed E-state index contributed by atoms with van der Waals surface area (Å²) in [7, 11) is 0. The van der Waals surface area contributed by atoms with Crippen LogP contribution in [0, 0.1) is 0 Å². The van der Waals surface area contributed by atoms with Gasteiger partial charge in [-0.25, -0.2) is 0 Å². The Morgan fingerprint density at radius 2 is 0.548 bits per heavy atom. The molecule has 0 amide bonds. The van der Waals surface area contributed by atoms with Crippen molar-refractivity contribution in [1.29, 1.82) is 0 Å². The summed E-state index contributed by atoms with van der Waals surface area (Å²) < 4.78 is 16.8. The molecule has 0 spiro atoms. The van der Waals surface area contributed by atoms with Crippen LogP contribution in [0.2, 0.25) is 0 Å². The Bertz CT molecular complexity index is 1440. The van der Waals surface area contributed by atoms with Gasteiger partial charge in [-0.15, -0.1) is 0 Å². The van der Waals surface area contributed by atoms with Crippen LogP contribution in [0.25, 0.3) is 0 Å². The third-order valence-electron chi connectivity index (χ3n) is 13.1. The molecule has 0 heterocycles. The molecule has 0 radical (unpaired) electrons. The molecule has 0 aromatic heterocycles. The Hall–Kier alpha value is -3.67. The molecule has 418 valence electrons. The Kier molecular flexibility index (Phi) is 57.8. The zero-order chi connectivity index (χ0) is 52.9. The normalized spacial score (nSPS) is 12.8. The first-order chi connectivity index (χ1) is 36.0. The fraction of sp³-hybridized carbons (Fsp3) is 0.716. The van der Waals surface area contributed by atoms with E-state index in [9.17, 15) is 14.4 Å². The van der Waals surface area contributed by atoms with Crippen LogP contribution < -0.4 is 0 Å². The first-order valence-electron chi connectivity index (χ1n) is 30.7. The van der Waals surface area contributed by atoms with Gasteiger partial charge in [-0.2, -0.15) is 0 Å². The van der Waals surface area contributed by atoms with Crippen LogP contribution >= 0.6 is 0 Å². The van der Waals surface area contributed by atoms with Crippen molar-refractivity contribution in [3.05, 3.63) is 97.2 Å². The first kappa shape index (κ1) is 69.3. The van der Waals surface area contributed by atoms with E-state index in [0.29, 0.717) is 19.3 Å². The molecular formula is C67H114O6. The average Bonchev–Trinajstić information content (AvgIpc) is 3.39. The quantitative estimate of drug-likeness (QED) is 0.0261. The highest BCUT2D eigenvalue weighted by Gasteiger charge is 2.19. The van der Waals surface area contributed by atoms with Gasteiger partial charge in [-0.05, 0) is 96.3 Å². The van der Waals surface area contributed by atoms with Gasteiger partial charge in [0.2, 0.25) is 0 Å². The maximum absolute atomic E-state index is 12.9. The van der Waals surface area contributed by atoms with Crippen molar-refractivity contribution in [2.75, 3.05) is 13.2 Å². The number of carbonyl (C=O) groups is 3. The van der Waals surface area contributed by atoms with E-state index in [0.717, 1.165) is 103 Å². The molecule has 0 rings (SSSR count). The van der Waals surface area contributed by atoms with E-state index in [-0.39, 0.29) is 37.5 Å². The molecule has 0 saturated carbocycles. The second-order valence-electron chi connectivity index (χ2n) is 20.2. The van der Waals surface area contributed by atoms with Gasteiger partial charge < -0.3 is 14.2 Å². The van der Waals surface area contributed by atoms with Crippen LogP contribution in [0.15, 0.2) is 97.2 Å². The van der Waals surface area contributed by atoms with E-state index in [1.54, 1.807) is 0 Å². The highest BCUT2D eigenvalue weighted by Crippen LogP contribution is 2.16. The number of ether oxygens (including phenoxy) is 3. The molecule has 6 nitrogen and oxygen atoms in total. The van der Waals surface area contributed by atoms with Gasteiger partial charge in [0.15, 0.2) is 6.10 Å². The second kappa shape index (κ2) is 60.9. The summed E-state index contributed by atoms with van der Waals surface area (Å²) in [5, 5.41) is 0. The van der Waals surface area contributed by atoms with E-state index in [1.807, 2.05) is 0 Å². The minimum atomic E-state index is -0.804. The molecule has 0 N–H and O–H groups in total. The molecule has 1 unspecified atom stereocenters. The highest BCUT2D eigenvalue weighted by molar-refractivity contribution is 5.71. The van der Waals surface area contributed by atoms with Gasteiger partial charge in [0.25, 0.3) is 0 Å². The molecule has 0 saturated heterocycles. The van der Waals surface area contributed by atoms with Gasteiger partial charge in [-0.3, -0.25) is 14.4 Å². The lowest BCUT2D eigenvalue weighted by atomic mass is 10.0. The van der Waals surface area contributed by atoms with Crippen LogP contribution in [-0.4, -0.2) is 37.2 Å². The maximum Gasteiger partial charge on any atom is 0.306 e. The average molecular weight is 1020 g/mol. The van der Waals surface area contributed by atoms with E-state index >= 15 is 0 Å². The topological polar surface area (TPSA) is 78.9 Å². The predicted molar refractivity (Wildman–Crippen MR) is 316 cm³/mol. The Balaban J connectivity index is 4.42. The fourth-order valence-corrected chi connectivity index (χ4v) is 8.49. The van der Waals surface area contributed by atoms with Crippen molar-refractivity contribution in [3.8, 4) is 0 Å². The smallest absolute Gasteiger partial charge is 0.306 e. The summed E-state index contributed by atoms with van der Waals surface area (Å²) in [5.74, 6) is -0.960. The zero-order valence-electron chi connectivity index (χ0n) is 47.9. The number of rotatable bonds is 55. The number of esters is 3. The number of carbonyl (C=O) groups excluding carboxylic acids is 3. The van der Waals surface area contributed by atoms with E-state index in [2.05, 4.69) is 118 Å². The molecule has 6 heteroatoms. The van der Waals surface area contributed by atoms with Crippen LogP contribution in [0.4, 0.5) is 0 Å². The molecular weight excluding hydrogens is 901 g/mol. The summed E-state index contributed by atoms with van der Waals surface area (Å²) in [4.78, 5) is 38.2. The van der Waals surface area contributed by atoms with Gasteiger partial charge in [0.1, 0.15) is 13.2 Å². The van der Waals surface area contributed by atoms with Gasteiger partial charge in [-0.1, -0.05) is 272 Å². The van der Waals surface area contributed by atoms with Crippen molar-refractivity contribution in [1.82, 2.24) is 0 Å². The fourth-order valence-electron chi connectivity index (χ4n) is 8.49. The van der Waals surface area contributed by atoms with E-state index in [1.165, 1.54) is 141 Å². The van der Waals surface area contributed by atoms with Gasteiger partial charge in [0, 0.05) is 19.3 Å². The van der Waals surface area contributed by atoms with Crippen LogP contribution in [0.3, 0.4) is 0 Å². The zero-order valence-corrected chi connectivity index (χ0v) is 47.9. The van der Waals surface area contributed by atoms with E-state index < -0.39 is 6.10 Å². The van der Waals surface area contributed by atoms with Crippen molar-refractivity contribution in [2.24, 2.45) is 0 Å². The van der Waals surface area contributed by atoms with E-state index in [4.69, 9.17) is 14.2 Å². The molecule has 1 atom stereocenters. The minimum Gasteiger partial charge on any atom is -0.462 e. The summed E-state index contributed by atoms with van der Waals surface area (Å²) in [6.45, 7) is 6.47. The third-order valence-corrected chi connectivity index (χ3v) is 13.1. The summed E-state index contributed by atoms with van der Waals surface area (Å²) in [6, 6.07) is 0. The molecule has 0 bridgehead atoms. The summed E-state index contributed by atoms with van der Waals surface area (Å²) in [6.07, 6.45) is 81.3. The molecule has 0 aliphatic rings. The molecule has 0 aliphatic heterocycles. The van der Waals surface area contributed by atoms with Crippen molar-refractivity contribution in [3.63, 3.8) is 0 Å².